The highest BCUT2D eigenvalue weighted by molar-refractivity contribution is 5.93. The lowest BCUT2D eigenvalue weighted by Crippen LogP contribution is -2.48. The normalized spacial score (nSPS) is 14.5. The van der Waals surface area contributed by atoms with Gasteiger partial charge in [-0.25, -0.2) is 0 Å². The van der Waals surface area contributed by atoms with Crippen molar-refractivity contribution in [3.8, 4) is 17.2 Å². The van der Waals surface area contributed by atoms with Gasteiger partial charge in [-0.2, -0.15) is 5.10 Å². The average Bonchev–Trinajstić information content (AvgIpc) is 3.39. The van der Waals surface area contributed by atoms with Gasteiger partial charge in [-0.1, -0.05) is 0 Å². The summed E-state index contributed by atoms with van der Waals surface area (Å²) in [6.45, 7) is 2.89. The number of anilines is 1. The molecule has 3 aromatic rings. The number of nitrogens with zero attached hydrogens (tertiary/aromatic N) is 3. The number of nitrogens with one attached hydrogen (secondary N) is 1. The minimum atomic E-state index is -0.0616. The van der Waals surface area contributed by atoms with E-state index in [1.165, 1.54) is 0 Å². The number of amides is 1. The molecule has 26 heavy (non-hydrogen) atoms. The van der Waals surface area contributed by atoms with Crippen LogP contribution in [0, 0.1) is 0 Å². The first-order valence-corrected chi connectivity index (χ1v) is 8.52. The zero-order chi connectivity index (χ0) is 17.9. The Bertz CT molecular complexity index is 863. The van der Waals surface area contributed by atoms with Gasteiger partial charge in [0.15, 0.2) is 11.5 Å². The van der Waals surface area contributed by atoms with E-state index in [-0.39, 0.29) is 5.91 Å². The van der Waals surface area contributed by atoms with Gasteiger partial charge in [0.2, 0.25) is 0 Å². The monoisotopic (exact) mass is 352 g/mol. The summed E-state index contributed by atoms with van der Waals surface area (Å²) in [6.07, 6.45) is 1.59. The molecule has 0 bridgehead atoms. The number of hydrogen-bond donors (Lipinski definition) is 1. The molecule has 0 atom stereocenters. The van der Waals surface area contributed by atoms with Crippen molar-refractivity contribution >= 4 is 11.6 Å². The highest BCUT2D eigenvalue weighted by Gasteiger charge is 2.24. The molecule has 2 aromatic heterocycles. The van der Waals surface area contributed by atoms with Crippen LogP contribution in [-0.4, -0.2) is 54.3 Å². The fourth-order valence-corrected chi connectivity index (χ4v) is 3.11. The maximum Gasteiger partial charge on any atom is 0.274 e. The zero-order valence-electron chi connectivity index (χ0n) is 14.5. The number of carbonyl (C=O) groups is 1. The SMILES string of the molecule is COc1ccc(N2CCN(C(=O)c3cc(-c4ccco4)[nH]n3)CC2)cc1. The van der Waals surface area contributed by atoms with Crippen LogP contribution in [0.3, 0.4) is 0 Å². The van der Waals surface area contributed by atoms with E-state index < -0.39 is 0 Å². The molecule has 7 nitrogen and oxygen atoms in total. The van der Waals surface area contributed by atoms with Gasteiger partial charge in [0.05, 0.1) is 13.4 Å². The summed E-state index contributed by atoms with van der Waals surface area (Å²) in [5.74, 6) is 1.45. The summed E-state index contributed by atoms with van der Waals surface area (Å²) in [5, 5.41) is 7.00. The van der Waals surface area contributed by atoms with Gasteiger partial charge in [-0.3, -0.25) is 9.89 Å². The van der Waals surface area contributed by atoms with Crippen molar-refractivity contribution in [1.29, 1.82) is 0 Å². The molecular formula is C19H20N4O3. The Morgan fingerprint density at radius 3 is 2.58 bits per heavy atom. The van der Waals surface area contributed by atoms with Crippen molar-refractivity contribution in [2.24, 2.45) is 0 Å². The van der Waals surface area contributed by atoms with Crippen LogP contribution in [0.15, 0.2) is 53.1 Å². The number of carbonyl (C=O) groups excluding carboxylic acids is 1. The fourth-order valence-electron chi connectivity index (χ4n) is 3.11. The summed E-state index contributed by atoms with van der Waals surface area (Å²) in [5.41, 5.74) is 2.25. The van der Waals surface area contributed by atoms with Gasteiger partial charge in [0.25, 0.3) is 5.91 Å². The third kappa shape index (κ3) is 3.15. The van der Waals surface area contributed by atoms with E-state index in [0.717, 1.165) is 24.5 Å². The van der Waals surface area contributed by atoms with Gasteiger partial charge in [0, 0.05) is 37.9 Å². The Labute approximate surface area is 151 Å². The van der Waals surface area contributed by atoms with E-state index in [2.05, 4.69) is 15.1 Å². The molecule has 4 rings (SSSR count). The van der Waals surface area contributed by atoms with Gasteiger partial charge in [-0.05, 0) is 36.4 Å². The maximum absolute atomic E-state index is 12.7. The molecule has 0 saturated carbocycles. The Morgan fingerprint density at radius 1 is 1.15 bits per heavy atom. The molecule has 1 aromatic carbocycles. The van der Waals surface area contributed by atoms with Crippen molar-refractivity contribution in [3.05, 3.63) is 54.4 Å². The van der Waals surface area contributed by atoms with E-state index in [4.69, 9.17) is 9.15 Å². The predicted molar refractivity (Wildman–Crippen MR) is 97.4 cm³/mol. The quantitative estimate of drug-likeness (QED) is 0.781. The number of piperazine rings is 1. The average molecular weight is 352 g/mol. The highest BCUT2D eigenvalue weighted by atomic mass is 16.5. The first-order chi connectivity index (χ1) is 12.7. The number of aromatic nitrogens is 2. The van der Waals surface area contributed by atoms with Crippen LogP contribution in [-0.2, 0) is 0 Å². The standard InChI is InChI=1S/C19H20N4O3/c1-25-15-6-4-14(5-7-15)22-8-10-23(11-9-22)19(24)17-13-16(20-21-17)18-3-2-12-26-18/h2-7,12-13H,8-11H2,1H3,(H,20,21). The number of methoxy groups -OCH3 is 1. The minimum Gasteiger partial charge on any atom is -0.497 e. The van der Waals surface area contributed by atoms with Crippen molar-refractivity contribution in [1.82, 2.24) is 15.1 Å². The number of rotatable bonds is 4. The number of benzene rings is 1. The number of H-pyrrole nitrogens is 1. The summed E-state index contributed by atoms with van der Waals surface area (Å²) in [6, 6.07) is 13.3. The van der Waals surface area contributed by atoms with Crippen LogP contribution in [0.4, 0.5) is 5.69 Å². The summed E-state index contributed by atoms with van der Waals surface area (Å²) in [4.78, 5) is 16.8. The van der Waals surface area contributed by atoms with Crippen molar-refractivity contribution in [2.45, 2.75) is 0 Å². The lowest BCUT2D eigenvalue weighted by atomic mass is 10.2. The maximum atomic E-state index is 12.7. The molecular weight excluding hydrogens is 332 g/mol. The molecule has 1 aliphatic heterocycles. The van der Waals surface area contributed by atoms with Gasteiger partial charge in [0.1, 0.15) is 11.4 Å². The molecule has 1 aliphatic rings. The highest BCUT2D eigenvalue weighted by Crippen LogP contribution is 2.22. The first kappa shape index (κ1) is 16.3. The lowest BCUT2D eigenvalue weighted by molar-refractivity contribution is 0.0741. The smallest absolute Gasteiger partial charge is 0.274 e. The second-order valence-electron chi connectivity index (χ2n) is 6.12. The van der Waals surface area contributed by atoms with Crippen molar-refractivity contribution in [2.75, 3.05) is 38.2 Å². The molecule has 1 fully saturated rings. The van der Waals surface area contributed by atoms with Gasteiger partial charge >= 0.3 is 0 Å². The van der Waals surface area contributed by atoms with Crippen LogP contribution >= 0.6 is 0 Å². The Kier molecular flexibility index (Phi) is 4.35. The van der Waals surface area contributed by atoms with Crippen LogP contribution in [0.5, 0.6) is 5.75 Å². The van der Waals surface area contributed by atoms with Crippen molar-refractivity contribution < 1.29 is 13.9 Å². The molecule has 134 valence electrons. The molecule has 1 saturated heterocycles. The molecule has 0 unspecified atom stereocenters. The largest absolute Gasteiger partial charge is 0.497 e. The number of aromatic amines is 1. The molecule has 3 heterocycles. The number of hydrogen-bond acceptors (Lipinski definition) is 5. The van der Waals surface area contributed by atoms with Crippen LogP contribution in [0.1, 0.15) is 10.5 Å². The molecule has 1 N–H and O–H groups in total. The summed E-state index contributed by atoms with van der Waals surface area (Å²) in [7, 11) is 1.66. The Balaban J connectivity index is 1.39. The molecule has 0 spiro atoms. The predicted octanol–water partition coefficient (Wildman–Crippen LogP) is 2.64. The van der Waals surface area contributed by atoms with Crippen LogP contribution < -0.4 is 9.64 Å². The topological polar surface area (TPSA) is 74.6 Å². The molecule has 7 heteroatoms. The summed E-state index contributed by atoms with van der Waals surface area (Å²) >= 11 is 0. The number of furan rings is 1. The third-order valence-corrected chi connectivity index (χ3v) is 4.59. The van der Waals surface area contributed by atoms with E-state index in [1.54, 1.807) is 25.5 Å². The molecule has 0 radical (unpaired) electrons. The van der Waals surface area contributed by atoms with E-state index >= 15 is 0 Å². The minimum absolute atomic E-state index is 0.0616. The zero-order valence-corrected chi connectivity index (χ0v) is 14.5. The van der Waals surface area contributed by atoms with Crippen LogP contribution in [0.2, 0.25) is 0 Å². The van der Waals surface area contributed by atoms with Crippen LogP contribution in [0.25, 0.3) is 11.5 Å². The van der Waals surface area contributed by atoms with Gasteiger partial charge < -0.3 is 19.0 Å². The number of ether oxygens (including phenoxy) is 1. The molecule has 0 aliphatic carbocycles. The Morgan fingerprint density at radius 2 is 1.92 bits per heavy atom. The van der Waals surface area contributed by atoms with Gasteiger partial charge in [-0.15, -0.1) is 0 Å². The Hall–Kier alpha value is -3.22. The lowest BCUT2D eigenvalue weighted by Gasteiger charge is -2.35. The second-order valence-corrected chi connectivity index (χ2v) is 6.12. The third-order valence-electron chi connectivity index (χ3n) is 4.59. The van der Waals surface area contributed by atoms with E-state index in [1.807, 2.05) is 35.2 Å². The van der Waals surface area contributed by atoms with Crippen molar-refractivity contribution in [3.63, 3.8) is 0 Å². The summed E-state index contributed by atoms with van der Waals surface area (Å²) < 4.78 is 10.5. The molecule has 1 amide bonds. The van der Waals surface area contributed by atoms with E-state index in [9.17, 15) is 4.79 Å². The second kappa shape index (κ2) is 6.95. The fraction of sp³-hybridized carbons (Fsp3) is 0.263. The first-order valence-electron chi connectivity index (χ1n) is 8.52. The van der Waals surface area contributed by atoms with E-state index in [0.29, 0.717) is 30.2 Å².